The van der Waals surface area contributed by atoms with Gasteiger partial charge in [0, 0.05) is 0 Å². The molecule has 0 aromatic heterocycles. The number of rotatable bonds is 3. The van der Waals surface area contributed by atoms with Crippen molar-refractivity contribution in [2.45, 2.75) is 20.4 Å². The third-order valence-electron chi connectivity index (χ3n) is 7.51. The normalized spacial score (nSPS) is 10.4. The molecule has 0 saturated carbocycles. The molecule has 4 heteroatoms. The van der Waals surface area contributed by atoms with E-state index in [0.29, 0.717) is 0 Å². The van der Waals surface area contributed by atoms with Crippen LogP contribution in [-0.2, 0) is 18.0 Å². The van der Waals surface area contributed by atoms with E-state index < -0.39 is 23.4 Å². The van der Waals surface area contributed by atoms with Crippen molar-refractivity contribution in [1.29, 1.82) is 0 Å². The Hall–Kier alpha value is -3.00. The predicted molar refractivity (Wildman–Crippen MR) is 189 cm³/mol. The van der Waals surface area contributed by atoms with Crippen molar-refractivity contribution < 1.29 is 18.0 Å². The first kappa shape index (κ1) is 31.4. The second kappa shape index (κ2) is 15.1. The van der Waals surface area contributed by atoms with E-state index in [1.807, 2.05) is 18.2 Å². The summed E-state index contributed by atoms with van der Waals surface area (Å²) in [6, 6.07) is 53.6. The van der Waals surface area contributed by atoms with Crippen LogP contribution < -0.4 is 5.19 Å². The van der Waals surface area contributed by atoms with Gasteiger partial charge in [-0.25, -0.2) is 12.1 Å². The molecule has 0 amide bonds. The molecule has 0 aliphatic carbocycles. The smallest absolute Gasteiger partial charge is 0.0189 e. The molecule has 0 N–H and O–H groups in total. The van der Waals surface area contributed by atoms with Crippen molar-refractivity contribution in [3.8, 4) is 22.3 Å². The monoisotopic (exact) mass is 690 g/mol. The van der Waals surface area contributed by atoms with Crippen LogP contribution in [0.3, 0.4) is 0 Å². The average molecular weight is 693 g/mol. The topological polar surface area (TPSA) is 0 Å². The molecule has 214 valence electrons. The van der Waals surface area contributed by atoms with Crippen LogP contribution in [0.2, 0.25) is 6.55 Å². The molecule has 7 aromatic rings. The maximum absolute atomic E-state index is 5.97. The summed E-state index contributed by atoms with van der Waals surface area (Å²) in [5.41, 5.74) is 7.37. The van der Waals surface area contributed by atoms with Crippen molar-refractivity contribution in [2.75, 3.05) is 0 Å². The molecule has 0 aliphatic heterocycles. The Kier molecular flexibility index (Phi) is 11.1. The van der Waals surface area contributed by atoms with E-state index in [1.54, 1.807) is 0 Å². The Morgan fingerprint density at radius 2 is 0.953 bits per heavy atom. The molecule has 43 heavy (non-hydrogen) atoms. The van der Waals surface area contributed by atoms with Crippen molar-refractivity contribution in [2.24, 2.45) is 0 Å². The molecule has 0 atom stereocenters. The van der Waals surface area contributed by atoms with Crippen LogP contribution in [0.1, 0.15) is 11.1 Å². The van der Waals surface area contributed by atoms with E-state index >= 15 is 0 Å². The maximum Gasteiger partial charge on any atom is -0.0189 e. The fourth-order valence-electron chi connectivity index (χ4n) is 5.21. The largest absolute Gasteiger partial charge is 0.203 e. The predicted octanol–water partition coefficient (Wildman–Crippen LogP) is 11.5. The average Bonchev–Trinajstić information content (AvgIpc) is 3.69. The van der Waals surface area contributed by atoms with Gasteiger partial charge in [-0.3, -0.25) is 0 Å². The Balaban J connectivity index is 0.000000131. The summed E-state index contributed by atoms with van der Waals surface area (Å²) in [5.74, 6) is 0. The third kappa shape index (κ3) is 8.14. The number of halogens is 2. The van der Waals surface area contributed by atoms with Crippen molar-refractivity contribution >= 4 is 49.2 Å². The van der Waals surface area contributed by atoms with Crippen LogP contribution in [0, 0.1) is 13.8 Å². The second-order valence-corrected chi connectivity index (χ2v) is 31.6. The molecule has 7 aromatic carbocycles. The summed E-state index contributed by atoms with van der Waals surface area (Å²) >= 11 is -1.95. The van der Waals surface area contributed by atoms with E-state index in [1.165, 1.54) is 60.1 Å². The van der Waals surface area contributed by atoms with Crippen LogP contribution >= 0.6 is 17.0 Å². The van der Waals surface area contributed by atoms with Gasteiger partial charge in [0.05, 0.1) is 0 Å². The van der Waals surface area contributed by atoms with Gasteiger partial charge in [-0.2, -0.15) is 46.5 Å². The summed E-state index contributed by atoms with van der Waals surface area (Å²) in [6.07, 6.45) is 0. The van der Waals surface area contributed by atoms with Crippen LogP contribution in [0.15, 0.2) is 152 Å². The molecule has 0 spiro atoms. The van der Waals surface area contributed by atoms with Gasteiger partial charge in [0.1, 0.15) is 0 Å². The molecular formula is C39H34Cl2SiZr-2. The van der Waals surface area contributed by atoms with Crippen LogP contribution in [-0.4, -0.2) is 5.43 Å². The van der Waals surface area contributed by atoms with Gasteiger partial charge in [-0.1, -0.05) is 110 Å². The van der Waals surface area contributed by atoms with Crippen LogP contribution in [0.4, 0.5) is 0 Å². The maximum atomic E-state index is 5.97. The van der Waals surface area contributed by atoms with Crippen molar-refractivity contribution in [3.05, 3.63) is 163 Å². The van der Waals surface area contributed by atoms with E-state index in [4.69, 9.17) is 17.0 Å². The van der Waals surface area contributed by atoms with E-state index in [9.17, 15) is 0 Å². The molecule has 0 heterocycles. The molecule has 0 unspecified atom stereocenters. The summed E-state index contributed by atoms with van der Waals surface area (Å²) in [6.45, 7) is 6.47. The molecule has 0 nitrogen and oxygen atoms in total. The fourth-order valence-corrected chi connectivity index (χ4v) is 12.8. The molecule has 0 saturated heterocycles. The minimum absolute atomic E-state index is 0.557. The molecule has 7 rings (SSSR count). The van der Waals surface area contributed by atoms with Gasteiger partial charge in [0.2, 0.25) is 0 Å². The summed E-state index contributed by atoms with van der Waals surface area (Å²) in [5, 5.41) is 6.64. The number of fused-ring (bicyclic) bond motifs is 2. The van der Waals surface area contributed by atoms with Gasteiger partial charge in [0.15, 0.2) is 0 Å². The zero-order chi connectivity index (χ0) is 30.2. The van der Waals surface area contributed by atoms with Gasteiger partial charge >= 0.3 is 82.5 Å². The standard InChI is InChI=1S/2C16H13.C7H8Si.2ClH.Zr/c2*1-12-9-10-14(11-12)16-8-4-6-13-5-2-3-7-15(13)16;1-8-7-5-3-2-4-6-7;;;/h2*2-11H,1H3;2-6H,1H3;2*1H;/q2*-1;;;;+2/p-2. The van der Waals surface area contributed by atoms with Crippen LogP contribution in [0.5, 0.6) is 0 Å². The van der Waals surface area contributed by atoms with Crippen molar-refractivity contribution in [1.82, 2.24) is 0 Å². The first-order valence-electron chi connectivity index (χ1n) is 14.4. The van der Waals surface area contributed by atoms with E-state index in [-0.39, 0.29) is 0 Å². The van der Waals surface area contributed by atoms with Gasteiger partial charge < -0.3 is 0 Å². The summed E-state index contributed by atoms with van der Waals surface area (Å²) in [4.78, 5) is 0. The van der Waals surface area contributed by atoms with Crippen LogP contribution in [0.25, 0.3) is 43.8 Å². The second-order valence-electron chi connectivity index (χ2n) is 10.7. The minimum atomic E-state index is -1.95. The Bertz CT molecular complexity index is 1850. The first-order chi connectivity index (χ1) is 20.9. The zero-order valence-corrected chi connectivity index (χ0v) is 29.7. The molecule has 0 fully saturated rings. The first-order valence-corrected chi connectivity index (χ1v) is 26.4. The fraction of sp³-hybridized carbons (Fsp3) is 0.0769. The SMILES string of the molecule is C[Si](c1ccccc1)=[Zr]([Cl])[Cl].Cc1cc(-c2cccc3ccccc23)c[cH-]1.Cc1cc(-c2cccc3ccccc23)c[cH-]1. The van der Waals surface area contributed by atoms with Gasteiger partial charge in [0.25, 0.3) is 0 Å². The third-order valence-corrected chi connectivity index (χ3v) is 25.6. The molecule has 0 bridgehead atoms. The van der Waals surface area contributed by atoms with Gasteiger partial charge in [-0.15, -0.1) is 0 Å². The number of hydrogen-bond donors (Lipinski definition) is 0. The minimum Gasteiger partial charge on any atom is -0.203 e. The summed E-state index contributed by atoms with van der Waals surface area (Å²) in [7, 11) is 11.9. The zero-order valence-electron chi connectivity index (χ0n) is 24.7. The molecule has 0 radical (unpaired) electrons. The number of aryl methyl sites for hydroxylation is 2. The Morgan fingerprint density at radius 3 is 1.37 bits per heavy atom. The molecular weight excluding hydrogens is 659 g/mol. The Morgan fingerprint density at radius 1 is 0.535 bits per heavy atom. The number of hydrogen-bond acceptors (Lipinski definition) is 0. The van der Waals surface area contributed by atoms with E-state index in [2.05, 4.69) is 154 Å². The Labute approximate surface area is 270 Å². The van der Waals surface area contributed by atoms with Crippen molar-refractivity contribution in [3.63, 3.8) is 0 Å². The van der Waals surface area contributed by atoms with E-state index in [0.717, 1.165) is 0 Å². The summed E-state index contributed by atoms with van der Waals surface area (Å²) < 4.78 is 0. The quantitative estimate of drug-likeness (QED) is 0.128. The van der Waals surface area contributed by atoms with Gasteiger partial charge in [-0.05, 0) is 21.5 Å². The number of benzene rings is 5. The molecule has 0 aliphatic rings.